The van der Waals surface area contributed by atoms with Crippen molar-refractivity contribution >= 4 is 17.7 Å². The highest BCUT2D eigenvalue weighted by atomic mass is 32.2. The number of carbonyl (C=O) groups is 1. The number of rotatable bonds is 8. The predicted octanol–water partition coefficient (Wildman–Crippen LogP) is 4.60. The highest BCUT2D eigenvalue weighted by Crippen LogP contribution is 2.36. The van der Waals surface area contributed by atoms with Crippen LogP contribution in [0.25, 0.3) is 11.4 Å². The zero-order chi connectivity index (χ0) is 19.1. The summed E-state index contributed by atoms with van der Waals surface area (Å²) in [5, 5.41) is 12.2. The van der Waals surface area contributed by atoms with Gasteiger partial charge in [0.25, 0.3) is 0 Å². The first-order valence-electron chi connectivity index (χ1n) is 9.80. The third-order valence-electron chi connectivity index (χ3n) is 4.90. The van der Waals surface area contributed by atoms with Gasteiger partial charge in [-0.2, -0.15) is 0 Å². The molecule has 1 heterocycles. The Balaban J connectivity index is 1.81. The van der Waals surface area contributed by atoms with Gasteiger partial charge in [0.2, 0.25) is 5.91 Å². The molecule has 1 aliphatic rings. The number of nitrogens with one attached hydrogen (secondary N) is 1. The summed E-state index contributed by atoms with van der Waals surface area (Å²) < 4.78 is 16.4. The number of thioether (sulfide) groups is 1. The van der Waals surface area contributed by atoms with E-state index in [4.69, 9.17) is 0 Å². The molecule has 0 saturated heterocycles. The Morgan fingerprint density at radius 1 is 1.26 bits per heavy atom. The van der Waals surface area contributed by atoms with Crippen LogP contribution in [0.3, 0.4) is 0 Å². The molecule has 2 aromatic rings. The molecule has 1 saturated carbocycles. The van der Waals surface area contributed by atoms with Crippen LogP contribution < -0.4 is 5.32 Å². The summed E-state index contributed by atoms with van der Waals surface area (Å²) in [7, 11) is 0. The zero-order valence-corrected chi connectivity index (χ0v) is 16.6. The van der Waals surface area contributed by atoms with Gasteiger partial charge in [-0.05, 0) is 31.4 Å². The second kappa shape index (κ2) is 9.88. The van der Waals surface area contributed by atoms with E-state index in [9.17, 15) is 9.18 Å². The van der Waals surface area contributed by atoms with E-state index >= 15 is 0 Å². The second-order valence-electron chi connectivity index (χ2n) is 6.94. The lowest BCUT2D eigenvalue weighted by molar-refractivity contribution is -0.118. The molecule has 0 aliphatic heterocycles. The number of nitrogens with zero attached hydrogens (tertiary/aromatic N) is 3. The van der Waals surface area contributed by atoms with E-state index in [1.807, 2.05) is 6.07 Å². The van der Waals surface area contributed by atoms with Crippen LogP contribution in [0.5, 0.6) is 0 Å². The van der Waals surface area contributed by atoms with Crippen LogP contribution in [0.15, 0.2) is 29.4 Å². The summed E-state index contributed by atoms with van der Waals surface area (Å²) >= 11 is 1.38. The molecular weight excluding hydrogens is 363 g/mol. The van der Waals surface area contributed by atoms with Crippen LogP contribution in [0.2, 0.25) is 0 Å². The molecule has 1 aromatic heterocycles. The first kappa shape index (κ1) is 19.9. The minimum Gasteiger partial charge on any atom is -0.355 e. The average Bonchev–Trinajstić information content (AvgIpc) is 3.11. The second-order valence-corrected chi connectivity index (χ2v) is 7.88. The van der Waals surface area contributed by atoms with Gasteiger partial charge < -0.3 is 5.32 Å². The Bertz CT molecular complexity index is 758. The zero-order valence-electron chi connectivity index (χ0n) is 15.8. The van der Waals surface area contributed by atoms with Gasteiger partial charge in [0.1, 0.15) is 5.82 Å². The lowest BCUT2D eigenvalue weighted by atomic mass is 9.95. The molecular formula is C20H27FN4OS. The van der Waals surface area contributed by atoms with Crippen molar-refractivity contribution in [1.29, 1.82) is 0 Å². The van der Waals surface area contributed by atoms with E-state index in [1.54, 1.807) is 12.1 Å². The van der Waals surface area contributed by atoms with Crippen LogP contribution in [0.1, 0.15) is 57.9 Å². The monoisotopic (exact) mass is 390 g/mol. The molecule has 27 heavy (non-hydrogen) atoms. The number of hydrogen-bond donors (Lipinski definition) is 1. The maximum absolute atomic E-state index is 14.4. The van der Waals surface area contributed by atoms with Crippen LogP contribution >= 0.6 is 11.8 Å². The molecule has 3 rings (SSSR count). The smallest absolute Gasteiger partial charge is 0.230 e. The van der Waals surface area contributed by atoms with Gasteiger partial charge in [0.15, 0.2) is 11.0 Å². The summed E-state index contributed by atoms with van der Waals surface area (Å²) in [6, 6.07) is 6.94. The first-order valence-corrected chi connectivity index (χ1v) is 10.8. The molecule has 0 unspecified atom stereocenters. The molecule has 7 heteroatoms. The highest BCUT2D eigenvalue weighted by molar-refractivity contribution is 7.99. The molecule has 0 bridgehead atoms. The molecule has 1 N–H and O–H groups in total. The number of hydrogen-bond acceptors (Lipinski definition) is 4. The molecule has 1 aliphatic carbocycles. The molecule has 5 nitrogen and oxygen atoms in total. The van der Waals surface area contributed by atoms with Crippen molar-refractivity contribution in [2.75, 3.05) is 12.3 Å². The largest absolute Gasteiger partial charge is 0.355 e. The molecule has 0 radical (unpaired) electrons. The fourth-order valence-corrected chi connectivity index (χ4v) is 4.29. The lowest BCUT2D eigenvalue weighted by Crippen LogP contribution is -2.26. The average molecular weight is 391 g/mol. The van der Waals surface area contributed by atoms with Gasteiger partial charge >= 0.3 is 0 Å². The molecule has 1 amide bonds. The Kier molecular flexibility index (Phi) is 7.26. The number of benzene rings is 1. The summed E-state index contributed by atoms with van der Waals surface area (Å²) in [6.45, 7) is 2.80. The number of aromatic nitrogens is 3. The lowest BCUT2D eigenvalue weighted by Gasteiger charge is -2.25. The summed E-state index contributed by atoms with van der Waals surface area (Å²) in [4.78, 5) is 12.1. The van der Waals surface area contributed by atoms with Gasteiger partial charge in [-0.15, -0.1) is 10.2 Å². The molecule has 146 valence electrons. The first-order chi connectivity index (χ1) is 13.2. The number of halogens is 1. The fourth-order valence-electron chi connectivity index (χ4n) is 3.46. The maximum Gasteiger partial charge on any atom is 0.230 e. The Morgan fingerprint density at radius 3 is 2.78 bits per heavy atom. The van der Waals surface area contributed by atoms with Crippen molar-refractivity contribution < 1.29 is 9.18 Å². The van der Waals surface area contributed by atoms with Crippen molar-refractivity contribution in [1.82, 2.24) is 20.1 Å². The standard InChI is InChI=1S/C20H27FN4OS/c1-2-3-13-22-18(26)14-27-20-24-23-19(16-11-7-8-12-17(16)21)25(20)15-9-5-4-6-10-15/h7-8,11-12,15H,2-6,9-10,13-14H2,1H3,(H,22,26). The maximum atomic E-state index is 14.4. The Morgan fingerprint density at radius 2 is 2.04 bits per heavy atom. The molecule has 1 fully saturated rings. The minimum atomic E-state index is -0.296. The third-order valence-corrected chi connectivity index (χ3v) is 5.85. The van der Waals surface area contributed by atoms with Gasteiger partial charge in [0.05, 0.1) is 11.3 Å². The number of unbranched alkanes of at least 4 members (excludes halogenated alkanes) is 1. The van der Waals surface area contributed by atoms with E-state index in [0.29, 0.717) is 28.8 Å². The molecule has 1 aromatic carbocycles. The Hall–Kier alpha value is -1.89. The summed E-state index contributed by atoms with van der Waals surface area (Å²) in [5.41, 5.74) is 0.467. The van der Waals surface area contributed by atoms with E-state index in [-0.39, 0.29) is 17.8 Å². The van der Waals surface area contributed by atoms with Gasteiger partial charge in [-0.1, -0.05) is 56.5 Å². The van der Waals surface area contributed by atoms with Crippen molar-refractivity contribution in [3.8, 4) is 11.4 Å². The Labute approximate surface area is 164 Å². The van der Waals surface area contributed by atoms with Crippen molar-refractivity contribution in [3.63, 3.8) is 0 Å². The van der Waals surface area contributed by atoms with Gasteiger partial charge in [-0.3, -0.25) is 9.36 Å². The van der Waals surface area contributed by atoms with Crippen molar-refractivity contribution in [3.05, 3.63) is 30.1 Å². The van der Waals surface area contributed by atoms with E-state index in [0.717, 1.165) is 38.5 Å². The summed E-state index contributed by atoms with van der Waals surface area (Å²) in [5.74, 6) is 0.565. The fraction of sp³-hybridized carbons (Fsp3) is 0.550. The SMILES string of the molecule is CCCCNC(=O)CSc1nnc(-c2ccccc2F)n1C1CCCCC1. The van der Waals surface area contributed by atoms with E-state index in [2.05, 4.69) is 27.0 Å². The van der Waals surface area contributed by atoms with Crippen molar-refractivity contribution in [2.45, 2.75) is 63.1 Å². The molecule has 0 atom stereocenters. The predicted molar refractivity (Wildman–Crippen MR) is 106 cm³/mol. The topological polar surface area (TPSA) is 59.8 Å². The molecule has 0 spiro atoms. The minimum absolute atomic E-state index is 0.000846. The van der Waals surface area contributed by atoms with Gasteiger partial charge in [0, 0.05) is 12.6 Å². The normalized spacial score (nSPS) is 15.0. The van der Waals surface area contributed by atoms with Crippen molar-refractivity contribution in [2.24, 2.45) is 0 Å². The highest BCUT2D eigenvalue weighted by Gasteiger charge is 2.25. The van der Waals surface area contributed by atoms with Gasteiger partial charge in [-0.25, -0.2) is 4.39 Å². The quantitative estimate of drug-likeness (QED) is 0.529. The third kappa shape index (κ3) is 5.09. The number of carbonyl (C=O) groups excluding carboxylic acids is 1. The van der Waals surface area contributed by atoms with Crippen LogP contribution in [0.4, 0.5) is 4.39 Å². The number of amides is 1. The van der Waals surface area contributed by atoms with E-state index in [1.165, 1.54) is 24.2 Å². The summed E-state index contributed by atoms with van der Waals surface area (Å²) in [6.07, 6.45) is 7.64. The van der Waals surface area contributed by atoms with E-state index < -0.39 is 0 Å². The van der Waals surface area contributed by atoms with Crippen LogP contribution in [-0.2, 0) is 4.79 Å². The van der Waals surface area contributed by atoms with Crippen LogP contribution in [0, 0.1) is 5.82 Å². The van der Waals surface area contributed by atoms with Crippen LogP contribution in [-0.4, -0.2) is 33.0 Å².